The number of hydrogen-bond acceptors (Lipinski definition) is 3. The normalized spacial score (nSPS) is 11.3. The van der Waals surface area contributed by atoms with Crippen molar-refractivity contribution in [3.8, 4) is 22.4 Å². The summed E-state index contributed by atoms with van der Waals surface area (Å²) in [6.45, 7) is 1.86. The highest BCUT2D eigenvalue weighted by Gasteiger charge is 2.10. The molecular weight excluding hydrogens is 360 g/mol. The van der Waals surface area contributed by atoms with Crippen LogP contribution in [0.25, 0.3) is 22.4 Å². The highest BCUT2D eigenvalue weighted by molar-refractivity contribution is 6.01. The molecule has 0 aliphatic heterocycles. The van der Waals surface area contributed by atoms with Crippen LogP contribution in [-0.4, -0.2) is 21.8 Å². The van der Waals surface area contributed by atoms with Crippen molar-refractivity contribution in [2.75, 3.05) is 0 Å². The number of benzene rings is 3. The van der Waals surface area contributed by atoms with E-state index in [1.54, 1.807) is 6.07 Å². The predicted octanol–water partition coefficient (Wildman–Crippen LogP) is 4.90. The summed E-state index contributed by atoms with van der Waals surface area (Å²) in [5.74, 6) is -0.333. The first-order valence-electron chi connectivity index (χ1n) is 9.32. The van der Waals surface area contributed by atoms with Gasteiger partial charge in [-0.15, -0.1) is 0 Å². The van der Waals surface area contributed by atoms with Crippen LogP contribution in [0.15, 0.2) is 96.1 Å². The Bertz CT molecular complexity index is 1130. The van der Waals surface area contributed by atoms with E-state index >= 15 is 0 Å². The maximum Gasteiger partial charge on any atom is 0.289 e. The third kappa shape index (κ3) is 4.30. The number of amides is 1. The maximum atomic E-state index is 12.4. The van der Waals surface area contributed by atoms with Crippen LogP contribution in [-0.2, 0) is 0 Å². The van der Waals surface area contributed by atoms with Gasteiger partial charge in [0.15, 0.2) is 0 Å². The van der Waals surface area contributed by atoms with E-state index in [1.165, 1.54) is 0 Å². The average molecular weight is 380 g/mol. The van der Waals surface area contributed by atoms with Crippen LogP contribution in [0.1, 0.15) is 23.0 Å². The molecule has 0 aliphatic rings. The second kappa shape index (κ2) is 8.35. The van der Waals surface area contributed by atoms with E-state index in [1.807, 2.05) is 79.7 Å². The van der Waals surface area contributed by atoms with Crippen molar-refractivity contribution in [2.24, 2.45) is 5.10 Å². The predicted molar refractivity (Wildman–Crippen MR) is 116 cm³/mol. The van der Waals surface area contributed by atoms with Crippen molar-refractivity contribution in [1.82, 2.24) is 15.6 Å². The Balaban J connectivity index is 1.43. The summed E-state index contributed by atoms with van der Waals surface area (Å²) < 4.78 is 0. The van der Waals surface area contributed by atoms with Crippen LogP contribution in [0.3, 0.4) is 0 Å². The molecule has 4 rings (SSSR count). The van der Waals surface area contributed by atoms with E-state index in [4.69, 9.17) is 0 Å². The Morgan fingerprint density at radius 1 is 0.828 bits per heavy atom. The highest BCUT2D eigenvalue weighted by Crippen LogP contribution is 2.19. The number of aromatic nitrogens is 2. The first-order valence-corrected chi connectivity index (χ1v) is 9.32. The van der Waals surface area contributed by atoms with Crippen molar-refractivity contribution >= 4 is 11.6 Å². The standard InChI is InChI=1S/C24H20N4O/c1-17(18-12-14-20(15-13-18)19-8-4-2-5-9-19)25-28-24(29)23-16-22(26-27-23)21-10-6-3-7-11-21/h2-16H,1H3,(H,26,27)(H,28,29)/b25-17-. The highest BCUT2D eigenvalue weighted by atomic mass is 16.2. The molecular formula is C24H20N4O. The topological polar surface area (TPSA) is 70.1 Å². The SMILES string of the molecule is C/C(=N/NC(=O)c1cc(-c2ccccc2)n[nH]1)c1ccc(-c2ccccc2)cc1. The van der Waals surface area contributed by atoms with Crippen LogP contribution in [0, 0.1) is 0 Å². The molecule has 3 aromatic carbocycles. The summed E-state index contributed by atoms with van der Waals surface area (Å²) in [6, 6.07) is 29.7. The van der Waals surface area contributed by atoms with Gasteiger partial charge in [-0.05, 0) is 29.7 Å². The van der Waals surface area contributed by atoms with Crippen molar-refractivity contribution in [2.45, 2.75) is 6.92 Å². The van der Waals surface area contributed by atoms with Gasteiger partial charge >= 0.3 is 0 Å². The van der Waals surface area contributed by atoms with Crippen molar-refractivity contribution < 1.29 is 4.79 Å². The summed E-state index contributed by atoms with van der Waals surface area (Å²) in [4.78, 5) is 12.4. The van der Waals surface area contributed by atoms with Crippen LogP contribution in [0.2, 0.25) is 0 Å². The molecule has 0 bridgehead atoms. The zero-order valence-electron chi connectivity index (χ0n) is 16.0. The molecule has 0 saturated heterocycles. The third-order valence-electron chi connectivity index (χ3n) is 4.63. The lowest BCUT2D eigenvalue weighted by molar-refractivity contribution is 0.0950. The molecule has 1 amide bonds. The molecule has 5 nitrogen and oxygen atoms in total. The summed E-state index contributed by atoms with van der Waals surface area (Å²) in [5.41, 5.74) is 8.57. The Labute approximate surface area is 169 Å². The minimum absolute atomic E-state index is 0.333. The number of carbonyl (C=O) groups excluding carboxylic acids is 1. The van der Waals surface area contributed by atoms with E-state index in [0.29, 0.717) is 11.4 Å². The monoisotopic (exact) mass is 380 g/mol. The van der Waals surface area contributed by atoms with Gasteiger partial charge in [-0.1, -0.05) is 84.9 Å². The average Bonchev–Trinajstić information content (AvgIpc) is 3.29. The first kappa shape index (κ1) is 18.4. The van der Waals surface area contributed by atoms with Gasteiger partial charge < -0.3 is 0 Å². The van der Waals surface area contributed by atoms with E-state index < -0.39 is 0 Å². The number of aromatic amines is 1. The molecule has 29 heavy (non-hydrogen) atoms. The maximum absolute atomic E-state index is 12.4. The molecule has 5 heteroatoms. The number of nitrogens with one attached hydrogen (secondary N) is 2. The molecule has 142 valence electrons. The van der Waals surface area contributed by atoms with Gasteiger partial charge in [0.25, 0.3) is 5.91 Å². The van der Waals surface area contributed by atoms with Crippen LogP contribution in [0.4, 0.5) is 0 Å². The number of nitrogens with zero attached hydrogens (tertiary/aromatic N) is 2. The number of rotatable bonds is 5. The van der Waals surface area contributed by atoms with E-state index in [0.717, 1.165) is 28.0 Å². The zero-order valence-corrected chi connectivity index (χ0v) is 16.0. The molecule has 0 aliphatic carbocycles. The summed E-state index contributed by atoms with van der Waals surface area (Å²) in [6.07, 6.45) is 0. The Kier molecular flexibility index (Phi) is 5.29. The van der Waals surface area contributed by atoms with E-state index in [2.05, 4.69) is 32.9 Å². The number of carbonyl (C=O) groups is 1. The van der Waals surface area contributed by atoms with Crippen molar-refractivity contribution in [1.29, 1.82) is 0 Å². The smallest absolute Gasteiger partial charge is 0.272 e. The molecule has 4 aromatic rings. The van der Waals surface area contributed by atoms with Crippen molar-refractivity contribution in [3.05, 3.63) is 102 Å². The summed E-state index contributed by atoms with van der Waals surface area (Å²) >= 11 is 0. The van der Waals surface area contributed by atoms with Crippen molar-refractivity contribution in [3.63, 3.8) is 0 Å². The van der Waals surface area contributed by atoms with Crippen LogP contribution < -0.4 is 5.43 Å². The zero-order chi connectivity index (χ0) is 20.1. The number of hydrazone groups is 1. The second-order valence-electron chi connectivity index (χ2n) is 6.61. The minimum atomic E-state index is -0.333. The Hall–Kier alpha value is -3.99. The lowest BCUT2D eigenvalue weighted by Crippen LogP contribution is -2.19. The fourth-order valence-corrected chi connectivity index (χ4v) is 2.99. The van der Waals surface area contributed by atoms with Gasteiger partial charge in [0.05, 0.1) is 11.4 Å². The van der Waals surface area contributed by atoms with E-state index in [9.17, 15) is 4.79 Å². The fourth-order valence-electron chi connectivity index (χ4n) is 2.99. The third-order valence-corrected chi connectivity index (χ3v) is 4.63. The minimum Gasteiger partial charge on any atom is -0.272 e. The lowest BCUT2D eigenvalue weighted by atomic mass is 10.0. The van der Waals surface area contributed by atoms with Gasteiger partial charge in [0.1, 0.15) is 5.69 Å². The molecule has 0 saturated carbocycles. The quantitative estimate of drug-likeness (QED) is 0.382. The summed E-state index contributed by atoms with van der Waals surface area (Å²) in [5, 5.41) is 11.2. The van der Waals surface area contributed by atoms with E-state index in [-0.39, 0.29) is 5.91 Å². The number of hydrogen-bond donors (Lipinski definition) is 2. The van der Waals surface area contributed by atoms with Gasteiger partial charge in [-0.2, -0.15) is 10.2 Å². The van der Waals surface area contributed by atoms with Crippen LogP contribution in [0.5, 0.6) is 0 Å². The van der Waals surface area contributed by atoms with Gasteiger partial charge in [0.2, 0.25) is 0 Å². The van der Waals surface area contributed by atoms with Gasteiger partial charge in [-0.25, -0.2) is 5.43 Å². The molecule has 2 N–H and O–H groups in total. The Morgan fingerprint density at radius 3 is 2.07 bits per heavy atom. The van der Waals surface area contributed by atoms with Crippen LogP contribution >= 0.6 is 0 Å². The largest absolute Gasteiger partial charge is 0.289 e. The molecule has 0 radical (unpaired) electrons. The molecule has 1 aromatic heterocycles. The van der Waals surface area contributed by atoms with Gasteiger partial charge in [0, 0.05) is 5.56 Å². The molecule has 1 heterocycles. The van der Waals surface area contributed by atoms with Gasteiger partial charge in [-0.3, -0.25) is 9.89 Å². The second-order valence-corrected chi connectivity index (χ2v) is 6.61. The molecule has 0 fully saturated rings. The summed E-state index contributed by atoms with van der Waals surface area (Å²) in [7, 11) is 0. The number of H-pyrrole nitrogens is 1. The molecule has 0 spiro atoms. The lowest BCUT2D eigenvalue weighted by Gasteiger charge is -2.05. The Morgan fingerprint density at radius 2 is 1.41 bits per heavy atom. The first-order chi connectivity index (χ1) is 14.2. The fraction of sp³-hybridized carbons (Fsp3) is 0.0417. The molecule has 0 atom stereocenters. The molecule has 0 unspecified atom stereocenters.